The minimum atomic E-state index is -3.91. The molecule has 0 radical (unpaired) electrons. The van der Waals surface area contributed by atoms with Gasteiger partial charge in [-0.3, -0.25) is 9.71 Å². The number of thiophene rings is 1. The summed E-state index contributed by atoms with van der Waals surface area (Å²) in [6.07, 6.45) is 3.29. The van der Waals surface area contributed by atoms with Crippen LogP contribution in [0.1, 0.15) is 4.88 Å². The van der Waals surface area contributed by atoms with Crippen LogP contribution in [-0.2, 0) is 10.0 Å². The first-order valence-corrected chi connectivity index (χ1v) is 12.5. The summed E-state index contributed by atoms with van der Waals surface area (Å²) in [5, 5.41) is 14.2. The molecule has 34 heavy (non-hydrogen) atoms. The zero-order valence-electron chi connectivity index (χ0n) is 17.6. The van der Waals surface area contributed by atoms with Crippen molar-refractivity contribution < 1.29 is 18.1 Å². The van der Waals surface area contributed by atoms with Gasteiger partial charge in [-0.15, -0.1) is 11.3 Å². The van der Waals surface area contributed by atoms with Crippen molar-refractivity contribution in [2.45, 2.75) is 4.90 Å². The first kappa shape index (κ1) is 21.7. The van der Waals surface area contributed by atoms with Crippen LogP contribution in [0, 0.1) is 0 Å². The largest absolute Gasteiger partial charge is 0.858 e. The monoisotopic (exact) mass is 487 g/mol. The van der Waals surface area contributed by atoms with E-state index in [-0.39, 0.29) is 22.4 Å². The number of nitrogens with zero attached hydrogens (tertiary/aromatic N) is 4. The summed E-state index contributed by atoms with van der Waals surface area (Å²) in [6.45, 7) is 0. The number of rotatable bonds is 6. The Labute approximate surface area is 199 Å². The molecule has 0 saturated heterocycles. The van der Waals surface area contributed by atoms with E-state index < -0.39 is 10.0 Å². The normalized spacial score (nSPS) is 12.1. The zero-order chi connectivity index (χ0) is 23.5. The number of anilines is 1. The van der Waals surface area contributed by atoms with E-state index >= 15 is 0 Å². The number of benzene rings is 2. The number of para-hydroxylation sites is 2. The summed E-state index contributed by atoms with van der Waals surface area (Å²) in [5.41, 5.74) is 1.52. The Kier molecular flexibility index (Phi) is 5.74. The Morgan fingerprint density at radius 3 is 2.38 bits per heavy atom. The average molecular weight is 488 g/mol. The quantitative estimate of drug-likeness (QED) is 0.225. The van der Waals surface area contributed by atoms with E-state index in [0.29, 0.717) is 21.6 Å². The molecule has 5 rings (SSSR count). The topological polar surface area (TPSA) is 111 Å². The van der Waals surface area contributed by atoms with Crippen LogP contribution in [0.4, 0.5) is 11.5 Å². The fourth-order valence-electron chi connectivity index (χ4n) is 3.26. The van der Waals surface area contributed by atoms with E-state index in [1.807, 2.05) is 11.4 Å². The maximum absolute atomic E-state index is 13.0. The van der Waals surface area contributed by atoms with Gasteiger partial charge in [0.15, 0.2) is 0 Å². The SMILES string of the molecule is O=S(=O)(Nc1nc2ccccc2nc1-[n+]1cccc(N=C([O-])c2cccs2)c1)c1ccccc1. The molecule has 0 aliphatic carbocycles. The third-order valence-electron chi connectivity index (χ3n) is 4.83. The number of aliphatic imine (C=N–C) groups is 1. The van der Waals surface area contributed by atoms with Crippen molar-refractivity contribution in [1.29, 1.82) is 0 Å². The van der Waals surface area contributed by atoms with Crippen LogP contribution in [0.25, 0.3) is 16.9 Å². The Balaban J connectivity index is 1.61. The second-order valence-corrected chi connectivity index (χ2v) is 9.80. The summed E-state index contributed by atoms with van der Waals surface area (Å²) in [7, 11) is -3.91. The Hall–Kier alpha value is -4.15. The van der Waals surface area contributed by atoms with Gasteiger partial charge in [0.05, 0.1) is 11.1 Å². The summed E-state index contributed by atoms with van der Waals surface area (Å²) in [5.74, 6) is -0.0598. The van der Waals surface area contributed by atoms with Crippen molar-refractivity contribution in [1.82, 2.24) is 9.97 Å². The van der Waals surface area contributed by atoms with E-state index in [0.717, 1.165) is 0 Å². The second kappa shape index (κ2) is 9.00. The number of pyridine rings is 1. The molecule has 0 aliphatic heterocycles. The van der Waals surface area contributed by atoms with Gasteiger partial charge >= 0.3 is 5.82 Å². The lowest BCUT2D eigenvalue weighted by Crippen LogP contribution is -2.33. The molecule has 1 N–H and O–H groups in total. The molecule has 0 fully saturated rings. The molecule has 0 bridgehead atoms. The van der Waals surface area contributed by atoms with Gasteiger partial charge in [0.2, 0.25) is 11.3 Å². The molecule has 5 aromatic rings. The van der Waals surface area contributed by atoms with Crippen LogP contribution in [0.2, 0.25) is 0 Å². The number of sulfonamides is 1. The summed E-state index contributed by atoms with van der Waals surface area (Å²) in [4.78, 5) is 14.0. The zero-order valence-corrected chi connectivity index (χ0v) is 19.2. The van der Waals surface area contributed by atoms with Crippen LogP contribution in [0.15, 0.2) is 107 Å². The lowest BCUT2D eigenvalue weighted by molar-refractivity contribution is -0.598. The maximum atomic E-state index is 13.0. The molecule has 0 atom stereocenters. The van der Waals surface area contributed by atoms with Crippen molar-refractivity contribution in [3.8, 4) is 5.82 Å². The molecule has 0 saturated carbocycles. The molecule has 0 aliphatic rings. The van der Waals surface area contributed by atoms with Gasteiger partial charge in [0.1, 0.15) is 17.4 Å². The molecule has 168 valence electrons. The van der Waals surface area contributed by atoms with E-state index in [4.69, 9.17) is 0 Å². The fourth-order valence-corrected chi connectivity index (χ4v) is 4.89. The highest BCUT2D eigenvalue weighted by Crippen LogP contribution is 2.21. The highest BCUT2D eigenvalue weighted by Gasteiger charge is 2.25. The number of aromatic nitrogens is 3. The molecule has 10 heteroatoms. The molecule has 2 aromatic carbocycles. The van der Waals surface area contributed by atoms with Gasteiger partial charge in [-0.05, 0) is 52.8 Å². The molecule has 0 spiro atoms. The predicted octanol–water partition coefficient (Wildman–Crippen LogP) is 3.21. The van der Waals surface area contributed by atoms with Crippen LogP contribution < -0.4 is 14.4 Å². The van der Waals surface area contributed by atoms with Crippen molar-refractivity contribution in [2.24, 2.45) is 4.99 Å². The van der Waals surface area contributed by atoms with E-state index in [1.165, 1.54) is 23.5 Å². The molecular weight excluding hydrogens is 470 g/mol. The Morgan fingerprint density at radius 1 is 0.912 bits per heavy atom. The molecule has 0 unspecified atom stereocenters. The number of hydrogen-bond acceptors (Lipinski definition) is 7. The maximum Gasteiger partial charge on any atom is 0.372 e. The molecule has 0 amide bonds. The van der Waals surface area contributed by atoms with Crippen LogP contribution >= 0.6 is 11.3 Å². The molecular formula is C24H17N5O3S2. The van der Waals surface area contributed by atoms with Gasteiger partial charge in [-0.25, -0.2) is 13.4 Å². The highest BCUT2D eigenvalue weighted by molar-refractivity contribution is 7.92. The Morgan fingerprint density at radius 2 is 1.65 bits per heavy atom. The first-order valence-electron chi connectivity index (χ1n) is 10.2. The lowest BCUT2D eigenvalue weighted by Gasteiger charge is -2.10. The minimum absolute atomic E-state index is 0.0503. The standard InChI is InChI=1S/C24H17N5O3S2/c30-24(21-13-7-15-33-21)25-17-8-6-14-29(16-17)23-22(26-19-11-4-5-12-20(19)27-23)28-34(31,32)18-9-2-1-3-10-18/h1-16H,(H-,25,26,28,30). The highest BCUT2D eigenvalue weighted by atomic mass is 32.2. The Bertz CT molecular complexity index is 1600. The van der Waals surface area contributed by atoms with E-state index in [9.17, 15) is 13.5 Å². The van der Waals surface area contributed by atoms with E-state index in [1.54, 1.807) is 77.6 Å². The van der Waals surface area contributed by atoms with E-state index in [2.05, 4.69) is 19.7 Å². The predicted molar refractivity (Wildman–Crippen MR) is 129 cm³/mol. The van der Waals surface area contributed by atoms with Gasteiger partial charge in [-0.2, -0.15) is 4.57 Å². The third-order valence-corrected chi connectivity index (χ3v) is 7.04. The summed E-state index contributed by atoms with van der Waals surface area (Å²) >= 11 is 1.31. The third kappa shape index (κ3) is 4.49. The smallest absolute Gasteiger partial charge is 0.372 e. The van der Waals surface area contributed by atoms with Gasteiger partial charge < -0.3 is 5.11 Å². The van der Waals surface area contributed by atoms with Gasteiger partial charge in [0, 0.05) is 10.8 Å². The summed E-state index contributed by atoms with van der Waals surface area (Å²) in [6, 6.07) is 22.1. The second-order valence-electron chi connectivity index (χ2n) is 7.17. The minimum Gasteiger partial charge on any atom is -0.858 e. The first-order chi connectivity index (χ1) is 16.5. The average Bonchev–Trinajstić information content (AvgIpc) is 3.39. The van der Waals surface area contributed by atoms with Crippen molar-refractivity contribution >= 4 is 49.8 Å². The van der Waals surface area contributed by atoms with Gasteiger partial charge in [0.25, 0.3) is 10.0 Å². The molecule has 3 aromatic heterocycles. The van der Waals surface area contributed by atoms with Crippen LogP contribution in [0.5, 0.6) is 0 Å². The lowest BCUT2D eigenvalue weighted by atomic mass is 10.3. The van der Waals surface area contributed by atoms with Crippen molar-refractivity contribution in [3.05, 3.63) is 102 Å². The van der Waals surface area contributed by atoms with Crippen molar-refractivity contribution in [2.75, 3.05) is 4.72 Å². The summed E-state index contributed by atoms with van der Waals surface area (Å²) < 4.78 is 30.2. The van der Waals surface area contributed by atoms with Crippen LogP contribution in [0.3, 0.4) is 0 Å². The van der Waals surface area contributed by atoms with Crippen LogP contribution in [-0.4, -0.2) is 24.3 Å². The number of fused-ring (bicyclic) bond motifs is 1. The molecule has 3 heterocycles. The number of nitrogens with one attached hydrogen (secondary N) is 1. The molecule has 8 nitrogen and oxygen atoms in total. The number of hydrogen-bond donors (Lipinski definition) is 1. The van der Waals surface area contributed by atoms with Crippen molar-refractivity contribution in [3.63, 3.8) is 0 Å². The van der Waals surface area contributed by atoms with Gasteiger partial charge in [-0.1, -0.05) is 36.4 Å². The fraction of sp³-hybridized carbons (Fsp3) is 0.